The Kier molecular flexibility index (Phi) is 4.89. The number of rotatable bonds is 3. The quantitative estimate of drug-likeness (QED) is 0.775. The van der Waals surface area contributed by atoms with Crippen LogP contribution in [0.3, 0.4) is 0 Å². The molecule has 1 aliphatic rings. The van der Waals surface area contributed by atoms with Crippen LogP contribution in [0.25, 0.3) is 0 Å². The molecule has 3 rings (SSSR count). The van der Waals surface area contributed by atoms with Crippen molar-refractivity contribution in [1.82, 2.24) is 0 Å². The van der Waals surface area contributed by atoms with E-state index in [9.17, 15) is 9.90 Å². The van der Waals surface area contributed by atoms with Crippen molar-refractivity contribution in [3.63, 3.8) is 0 Å². The molecule has 0 bridgehead atoms. The highest BCUT2D eigenvalue weighted by molar-refractivity contribution is 6.33. The molecule has 0 aliphatic carbocycles. The topological polar surface area (TPSA) is 55.8 Å². The van der Waals surface area contributed by atoms with Crippen molar-refractivity contribution in [2.45, 2.75) is 46.1 Å². The number of phenolic OH excluding ortho intramolecular Hbond substituents is 1. The molecule has 0 spiro atoms. The molecule has 2 aromatic rings. The van der Waals surface area contributed by atoms with E-state index >= 15 is 0 Å². The van der Waals surface area contributed by atoms with Crippen LogP contribution < -0.4 is 4.74 Å². The van der Waals surface area contributed by atoms with Crippen LogP contribution in [0, 0.1) is 20.8 Å². The van der Waals surface area contributed by atoms with Gasteiger partial charge in [0.2, 0.25) is 0 Å². The van der Waals surface area contributed by atoms with Crippen molar-refractivity contribution >= 4 is 17.6 Å². The number of fused-ring (bicyclic) bond motifs is 1. The number of benzene rings is 2. The number of carbonyl (C=O) groups is 1. The maximum atomic E-state index is 12.3. The molecule has 2 aromatic carbocycles. The molecule has 5 heteroatoms. The molecule has 1 N–H and O–H groups in total. The van der Waals surface area contributed by atoms with Gasteiger partial charge in [-0.05, 0) is 69.4 Å². The monoisotopic (exact) mass is 374 g/mol. The first-order valence-corrected chi connectivity index (χ1v) is 9.03. The van der Waals surface area contributed by atoms with Crippen molar-refractivity contribution in [3.05, 3.63) is 57.1 Å². The molecule has 0 saturated heterocycles. The molecule has 26 heavy (non-hydrogen) atoms. The van der Waals surface area contributed by atoms with Gasteiger partial charge in [-0.3, -0.25) is 0 Å². The average molecular weight is 375 g/mol. The Morgan fingerprint density at radius 3 is 2.62 bits per heavy atom. The van der Waals surface area contributed by atoms with E-state index in [0.29, 0.717) is 22.8 Å². The molecule has 4 nitrogen and oxygen atoms in total. The second-order valence-corrected chi connectivity index (χ2v) is 7.55. The lowest BCUT2D eigenvalue weighted by molar-refractivity contribution is -0.0164. The summed E-state index contributed by atoms with van der Waals surface area (Å²) in [5.74, 6) is 0.667. The van der Waals surface area contributed by atoms with Crippen molar-refractivity contribution in [1.29, 1.82) is 0 Å². The summed E-state index contributed by atoms with van der Waals surface area (Å²) in [6, 6.07) is 6.82. The van der Waals surface area contributed by atoms with Crippen LogP contribution in [0.1, 0.15) is 46.0 Å². The van der Waals surface area contributed by atoms with Gasteiger partial charge >= 0.3 is 5.97 Å². The zero-order valence-electron chi connectivity index (χ0n) is 15.5. The van der Waals surface area contributed by atoms with E-state index in [1.54, 1.807) is 24.3 Å². The standard InChI is InChI=1S/C21H23ClO4/c1-12-13(2)19-15(14(3)18(12)23)9-10-21(4,26-19)11-25-20(24)16-7-5-6-8-17(16)22/h5-8,23H,9-11H2,1-4H3. The Bertz CT molecular complexity index is 875. The smallest absolute Gasteiger partial charge is 0.339 e. The maximum absolute atomic E-state index is 12.3. The van der Waals surface area contributed by atoms with E-state index in [1.165, 1.54) is 0 Å². The van der Waals surface area contributed by atoms with Crippen LogP contribution in [0.2, 0.25) is 5.02 Å². The molecule has 0 aromatic heterocycles. The van der Waals surface area contributed by atoms with E-state index in [1.807, 2.05) is 27.7 Å². The number of hydrogen-bond donors (Lipinski definition) is 1. The summed E-state index contributed by atoms with van der Waals surface area (Å²) in [6.07, 6.45) is 1.45. The zero-order valence-corrected chi connectivity index (χ0v) is 16.2. The van der Waals surface area contributed by atoms with Crippen LogP contribution in [-0.2, 0) is 11.2 Å². The second-order valence-electron chi connectivity index (χ2n) is 7.14. The SMILES string of the molecule is Cc1c(C)c2c(c(C)c1O)CCC(C)(COC(=O)c1ccccc1Cl)O2. The Morgan fingerprint density at radius 1 is 1.23 bits per heavy atom. The largest absolute Gasteiger partial charge is 0.507 e. The van der Waals surface area contributed by atoms with Gasteiger partial charge < -0.3 is 14.6 Å². The number of hydrogen-bond acceptors (Lipinski definition) is 4. The van der Waals surface area contributed by atoms with Gasteiger partial charge in [0.15, 0.2) is 0 Å². The van der Waals surface area contributed by atoms with Gasteiger partial charge in [-0.2, -0.15) is 0 Å². The Labute approximate surface area is 158 Å². The third-order valence-corrected chi connectivity index (χ3v) is 5.52. The number of aromatic hydroxyl groups is 1. The lowest BCUT2D eigenvalue weighted by Gasteiger charge is -2.37. The number of esters is 1. The molecule has 1 heterocycles. The summed E-state index contributed by atoms with van der Waals surface area (Å²) in [6.45, 7) is 7.80. The van der Waals surface area contributed by atoms with Gasteiger partial charge in [0.25, 0.3) is 0 Å². The highest BCUT2D eigenvalue weighted by Gasteiger charge is 2.36. The molecular formula is C21H23ClO4. The summed E-state index contributed by atoms with van der Waals surface area (Å²) < 4.78 is 11.8. The minimum absolute atomic E-state index is 0.134. The molecule has 1 unspecified atom stereocenters. The third kappa shape index (κ3) is 3.26. The van der Waals surface area contributed by atoms with Gasteiger partial charge in [0.1, 0.15) is 23.7 Å². The van der Waals surface area contributed by atoms with Gasteiger partial charge in [-0.25, -0.2) is 4.79 Å². The van der Waals surface area contributed by atoms with Crippen molar-refractivity contribution in [3.8, 4) is 11.5 Å². The van der Waals surface area contributed by atoms with Crippen LogP contribution in [0.15, 0.2) is 24.3 Å². The fraction of sp³-hybridized carbons (Fsp3) is 0.381. The normalized spacial score (nSPS) is 18.8. The van der Waals surface area contributed by atoms with E-state index in [4.69, 9.17) is 21.1 Å². The first-order valence-electron chi connectivity index (χ1n) is 8.66. The van der Waals surface area contributed by atoms with Crippen LogP contribution in [0.5, 0.6) is 11.5 Å². The molecular weight excluding hydrogens is 352 g/mol. The fourth-order valence-corrected chi connectivity index (χ4v) is 3.53. The van der Waals surface area contributed by atoms with Gasteiger partial charge in [0, 0.05) is 5.56 Å². The number of phenols is 1. The number of ether oxygens (including phenoxy) is 2. The van der Waals surface area contributed by atoms with Gasteiger partial charge in [-0.1, -0.05) is 23.7 Å². The third-order valence-electron chi connectivity index (χ3n) is 5.19. The van der Waals surface area contributed by atoms with Gasteiger partial charge in [0.05, 0.1) is 10.6 Å². The van der Waals surface area contributed by atoms with E-state index < -0.39 is 11.6 Å². The number of halogens is 1. The van der Waals surface area contributed by atoms with Crippen LogP contribution in [-0.4, -0.2) is 23.3 Å². The Balaban J connectivity index is 1.79. The minimum atomic E-state index is -0.621. The molecule has 0 amide bonds. The summed E-state index contributed by atoms with van der Waals surface area (Å²) in [5.41, 5.74) is 3.36. The highest BCUT2D eigenvalue weighted by Crippen LogP contribution is 2.43. The first-order chi connectivity index (χ1) is 12.2. The van der Waals surface area contributed by atoms with Crippen molar-refractivity contribution < 1.29 is 19.4 Å². The second kappa shape index (κ2) is 6.84. The predicted octanol–water partition coefficient (Wildman–Crippen LogP) is 4.91. The first kappa shape index (κ1) is 18.6. The molecule has 0 saturated carbocycles. The predicted molar refractivity (Wildman–Crippen MR) is 101 cm³/mol. The van der Waals surface area contributed by atoms with E-state index in [-0.39, 0.29) is 6.61 Å². The molecule has 0 fully saturated rings. The summed E-state index contributed by atoms with van der Waals surface area (Å²) in [7, 11) is 0. The fourth-order valence-electron chi connectivity index (χ4n) is 3.32. The summed E-state index contributed by atoms with van der Waals surface area (Å²) in [4.78, 5) is 12.3. The number of carbonyl (C=O) groups excluding carboxylic acids is 1. The molecule has 1 aliphatic heterocycles. The van der Waals surface area contributed by atoms with Crippen LogP contribution in [0.4, 0.5) is 0 Å². The van der Waals surface area contributed by atoms with Crippen LogP contribution >= 0.6 is 11.6 Å². The summed E-state index contributed by atoms with van der Waals surface area (Å²) in [5, 5.41) is 10.6. The molecule has 0 radical (unpaired) electrons. The maximum Gasteiger partial charge on any atom is 0.339 e. The lowest BCUT2D eigenvalue weighted by Crippen LogP contribution is -2.42. The van der Waals surface area contributed by atoms with Crippen molar-refractivity contribution in [2.24, 2.45) is 0 Å². The average Bonchev–Trinajstić information content (AvgIpc) is 2.63. The Hall–Kier alpha value is -2.20. The lowest BCUT2D eigenvalue weighted by atomic mass is 9.87. The van der Waals surface area contributed by atoms with E-state index in [0.717, 1.165) is 34.4 Å². The Morgan fingerprint density at radius 2 is 1.92 bits per heavy atom. The summed E-state index contributed by atoms with van der Waals surface area (Å²) >= 11 is 6.06. The highest BCUT2D eigenvalue weighted by atomic mass is 35.5. The molecule has 1 atom stereocenters. The minimum Gasteiger partial charge on any atom is -0.507 e. The van der Waals surface area contributed by atoms with E-state index in [2.05, 4.69) is 0 Å². The zero-order chi connectivity index (χ0) is 19.1. The van der Waals surface area contributed by atoms with Crippen molar-refractivity contribution in [2.75, 3.05) is 6.61 Å². The van der Waals surface area contributed by atoms with Gasteiger partial charge in [-0.15, -0.1) is 0 Å². The molecule has 138 valence electrons.